The fraction of sp³-hybridized carbons (Fsp3) is 0.160. The molecule has 0 aliphatic heterocycles. The molecule has 0 saturated heterocycles. The molecule has 0 aliphatic rings. The zero-order valence-electron chi connectivity index (χ0n) is 17.0. The van der Waals surface area contributed by atoms with Gasteiger partial charge in [0, 0.05) is 18.5 Å². The van der Waals surface area contributed by atoms with E-state index in [1.165, 1.54) is 5.56 Å². The summed E-state index contributed by atoms with van der Waals surface area (Å²) in [6.45, 7) is 4.74. The van der Waals surface area contributed by atoms with Crippen molar-refractivity contribution >= 4 is 38.7 Å². The number of hydrogen-bond acceptors (Lipinski definition) is 4. The summed E-state index contributed by atoms with van der Waals surface area (Å²) in [5.74, 6) is 0.261. The van der Waals surface area contributed by atoms with E-state index in [9.17, 15) is 4.79 Å². The van der Waals surface area contributed by atoms with Gasteiger partial charge in [0.25, 0.3) is 5.91 Å². The van der Waals surface area contributed by atoms with E-state index < -0.39 is 0 Å². The van der Waals surface area contributed by atoms with Gasteiger partial charge in [-0.1, -0.05) is 73.7 Å². The van der Waals surface area contributed by atoms with Gasteiger partial charge in [-0.15, -0.1) is 0 Å². The van der Waals surface area contributed by atoms with Crippen molar-refractivity contribution in [1.29, 1.82) is 0 Å². The Labute approximate surface area is 180 Å². The van der Waals surface area contributed by atoms with Gasteiger partial charge in [-0.25, -0.2) is 4.98 Å². The van der Waals surface area contributed by atoms with Gasteiger partial charge in [0.05, 0.1) is 16.8 Å². The minimum Gasteiger partial charge on any atom is -0.280 e. The van der Waals surface area contributed by atoms with E-state index in [0.29, 0.717) is 17.6 Å². The van der Waals surface area contributed by atoms with E-state index in [0.717, 1.165) is 21.3 Å². The molecule has 0 saturated carbocycles. The third kappa shape index (κ3) is 4.47. The summed E-state index contributed by atoms with van der Waals surface area (Å²) >= 11 is 1.55. The second kappa shape index (κ2) is 9.01. The zero-order chi connectivity index (χ0) is 20.9. The van der Waals surface area contributed by atoms with Gasteiger partial charge in [0.1, 0.15) is 0 Å². The maximum atomic E-state index is 13.2. The minimum atomic E-state index is -0.104. The topological polar surface area (TPSA) is 46.1 Å². The Kier molecular flexibility index (Phi) is 6.00. The van der Waals surface area contributed by atoms with Crippen LogP contribution in [0.1, 0.15) is 36.5 Å². The van der Waals surface area contributed by atoms with Crippen LogP contribution in [0, 0.1) is 0 Å². The molecule has 1 amide bonds. The van der Waals surface area contributed by atoms with Crippen molar-refractivity contribution in [2.45, 2.75) is 26.3 Å². The molecule has 2 aromatic heterocycles. The number of fused-ring (bicyclic) bond motifs is 1. The number of carbonyl (C=O) groups excluding carboxylic acids is 1. The van der Waals surface area contributed by atoms with Gasteiger partial charge in [-0.05, 0) is 40.8 Å². The van der Waals surface area contributed by atoms with Crippen molar-refractivity contribution in [3.63, 3.8) is 0 Å². The molecule has 150 valence electrons. The molecule has 5 heteroatoms. The van der Waals surface area contributed by atoms with E-state index in [1.807, 2.05) is 48.5 Å². The highest BCUT2D eigenvalue weighted by Gasteiger charge is 2.20. The average molecular weight is 414 g/mol. The molecular formula is C25H23N3OS. The predicted octanol–water partition coefficient (Wildman–Crippen LogP) is 6.06. The number of benzene rings is 2. The monoisotopic (exact) mass is 413 g/mol. The van der Waals surface area contributed by atoms with Gasteiger partial charge < -0.3 is 0 Å². The first-order chi connectivity index (χ1) is 14.6. The quantitative estimate of drug-likeness (QED) is 0.361. The van der Waals surface area contributed by atoms with Crippen LogP contribution >= 0.6 is 11.3 Å². The number of hydrogen-bond donors (Lipinski definition) is 0. The van der Waals surface area contributed by atoms with Crippen LogP contribution in [0.4, 0.5) is 5.13 Å². The molecule has 4 nitrogen and oxygen atoms in total. The third-order valence-corrected chi connectivity index (χ3v) is 5.88. The number of rotatable bonds is 6. The van der Waals surface area contributed by atoms with Crippen LogP contribution < -0.4 is 4.90 Å². The fourth-order valence-corrected chi connectivity index (χ4v) is 4.28. The van der Waals surface area contributed by atoms with Crippen LogP contribution in [-0.2, 0) is 11.3 Å². The standard InChI is InChI=1S/C25H23N3OS/c1-18(2)21-11-6-12-22-24(21)27-25(30-22)28(17-20-10-7-15-26-16-20)23(29)14-13-19-8-4-3-5-9-19/h3-16,18H,17H2,1-2H3/b14-13+. The molecule has 0 fully saturated rings. The summed E-state index contributed by atoms with van der Waals surface area (Å²) in [5, 5.41) is 0.699. The Balaban J connectivity index is 1.71. The molecule has 0 unspecified atom stereocenters. The first-order valence-corrected chi connectivity index (χ1v) is 10.8. The van der Waals surface area contributed by atoms with Crippen LogP contribution in [-0.4, -0.2) is 15.9 Å². The van der Waals surface area contributed by atoms with Crippen LogP contribution in [0.5, 0.6) is 0 Å². The minimum absolute atomic E-state index is 0.104. The third-order valence-electron chi connectivity index (χ3n) is 4.84. The molecule has 0 radical (unpaired) electrons. The van der Waals surface area contributed by atoms with E-state index in [2.05, 4.69) is 37.0 Å². The first kappa shape index (κ1) is 20.0. The Morgan fingerprint density at radius 2 is 1.90 bits per heavy atom. The highest BCUT2D eigenvalue weighted by molar-refractivity contribution is 7.22. The Morgan fingerprint density at radius 3 is 2.63 bits per heavy atom. The maximum absolute atomic E-state index is 13.2. The molecule has 2 aromatic carbocycles. The van der Waals surface area contributed by atoms with Gasteiger partial charge >= 0.3 is 0 Å². The molecule has 0 bridgehead atoms. The lowest BCUT2D eigenvalue weighted by Crippen LogP contribution is -2.28. The maximum Gasteiger partial charge on any atom is 0.253 e. The van der Waals surface area contributed by atoms with Crippen molar-refractivity contribution in [2.24, 2.45) is 0 Å². The highest BCUT2D eigenvalue weighted by Crippen LogP contribution is 2.34. The van der Waals surface area contributed by atoms with Crippen molar-refractivity contribution in [3.05, 3.63) is 95.8 Å². The summed E-state index contributed by atoms with van der Waals surface area (Å²) in [6, 6.07) is 19.9. The van der Waals surface area contributed by atoms with Crippen LogP contribution in [0.25, 0.3) is 16.3 Å². The molecule has 30 heavy (non-hydrogen) atoms. The lowest BCUT2D eigenvalue weighted by Gasteiger charge is -2.18. The summed E-state index contributed by atoms with van der Waals surface area (Å²) in [5.41, 5.74) is 4.12. The van der Waals surface area contributed by atoms with E-state index >= 15 is 0 Å². The number of anilines is 1. The number of para-hydroxylation sites is 1. The van der Waals surface area contributed by atoms with E-state index in [1.54, 1.807) is 34.7 Å². The lowest BCUT2D eigenvalue weighted by atomic mass is 10.0. The van der Waals surface area contributed by atoms with Gasteiger partial charge in [-0.2, -0.15) is 0 Å². The predicted molar refractivity (Wildman–Crippen MR) is 125 cm³/mol. The molecule has 0 N–H and O–H groups in total. The van der Waals surface area contributed by atoms with Crippen LogP contribution in [0.2, 0.25) is 0 Å². The SMILES string of the molecule is CC(C)c1cccc2sc(N(Cc3cccnc3)C(=O)/C=C/c3ccccc3)nc12. The smallest absolute Gasteiger partial charge is 0.253 e. The van der Waals surface area contributed by atoms with Gasteiger partial charge in [0.2, 0.25) is 0 Å². The molecule has 2 heterocycles. The van der Waals surface area contributed by atoms with Crippen molar-refractivity contribution < 1.29 is 4.79 Å². The lowest BCUT2D eigenvalue weighted by molar-refractivity contribution is -0.114. The average Bonchev–Trinajstić information content (AvgIpc) is 3.21. The number of pyridine rings is 1. The summed E-state index contributed by atoms with van der Waals surface area (Å²) in [6.07, 6.45) is 6.97. The van der Waals surface area contributed by atoms with Crippen molar-refractivity contribution in [3.8, 4) is 0 Å². The normalized spacial score (nSPS) is 11.4. The molecule has 4 rings (SSSR count). The van der Waals surface area contributed by atoms with Gasteiger partial charge in [0.15, 0.2) is 5.13 Å². The number of thiazole rings is 1. The first-order valence-electron chi connectivity index (χ1n) is 9.95. The summed E-state index contributed by atoms with van der Waals surface area (Å²) in [4.78, 5) is 24.0. The number of nitrogens with zero attached hydrogens (tertiary/aromatic N) is 3. The highest BCUT2D eigenvalue weighted by atomic mass is 32.1. The molecule has 0 atom stereocenters. The van der Waals surface area contributed by atoms with E-state index in [-0.39, 0.29) is 5.91 Å². The Hall–Kier alpha value is -3.31. The molecule has 4 aromatic rings. The number of carbonyl (C=O) groups is 1. The Morgan fingerprint density at radius 1 is 1.07 bits per heavy atom. The molecule has 0 aliphatic carbocycles. The van der Waals surface area contributed by atoms with Crippen molar-refractivity contribution in [1.82, 2.24) is 9.97 Å². The second-order valence-corrected chi connectivity index (χ2v) is 8.38. The van der Waals surface area contributed by atoms with Crippen LogP contribution in [0.15, 0.2) is 79.1 Å². The zero-order valence-corrected chi connectivity index (χ0v) is 17.8. The largest absolute Gasteiger partial charge is 0.280 e. The van der Waals surface area contributed by atoms with Crippen molar-refractivity contribution in [2.75, 3.05) is 4.90 Å². The van der Waals surface area contributed by atoms with Crippen LogP contribution in [0.3, 0.4) is 0 Å². The fourth-order valence-electron chi connectivity index (χ4n) is 3.28. The molecule has 0 spiro atoms. The number of aromatic nitrogens is 2. The molecular weight excluding hydrogens is 390 g/mol. The summed E-state index contributed by atoms with van der Waals surface area (Å²) in [7, 11) is 0. The Bertz CT molecular complexity index is 1170. The summed E-state index contributed by atoms with van der Waals surface area (Å²) < 4.78 is 1.09. The second-order valence-electron chi connectivity index (χ2n) is 7.37. The number of amides is 1. The van der Waals surface area contributed by atoms with E-state index in [4.69, 9.17) is 4.98 Å². The van der Waals surface area contributed by atoms with Gasteiger partial charge in [-0.3, -0.25) is 14.7 Å².